The van der Waals surface area contributed by atoms with Crippen molar-refractivity contribution in [3.8, 4) is 0 Å². The van der Waals surface area contributed by atoms with E-state index < -0.39 is 5.91 Å². The molecule has 2 rings (SSSR count). The molecule has 0 spiro atoms. The van der Waals surface area contributed by atoms with Gasteiger partial charge in [0, 0.05) is 11.8 Å². The molecule has 0 atom stereocenters. The van der Waals surface area contributed by atoms with E-state index in [1.807, 2.05) is 29.7 Å². The second-order valence-corrected chi connectivity index (χ2v) is 5.30. The minimum absolute atomic E-state index is 0.237. The van der Waals surface area contributed by atoms with Gasteiger partial charge in [-0.25, -0.2) is 10.5 Å². The van der Waals surface area contributed by atoms with E-state index in [1.54, 1.807) is 16.8 Å². The Kier molecular flexibility index (Phi) is 5.03. The molecule has 0 unspecified atom stereocenters. The second-order valence-electron chi connectivity index (χ2n) is 4.41. The number of hydrogen-bond acceptors (Lipinski definition) is 4. The standard InChI is InChI=1S/C15H16N2O2S/c1-11(12-5-3-2-4-6-12)9-15-16-13(10-20-15)7-8-14(18)17-19/h2-6,9-10,19H,7-8H2,1H3,(H,17,18)/b11-9+. The zero-order chi connectivity index (χ0) is 14.4. The number of hydroxylamine groups is 1. The molecular formula is C15H16N2O2S. The van der Waals surface area contributed by atoms with Gasteiger partial charge in [-0.15, -0.1) is 11.3 Å². The number of amides is 1. The van der Waals surface area contributed by atoms with Crippen LogP contribution in [0.1, 0.15) is 29.6 Å². The fourth-order valence-electron chi connectivity index (χ4n) is 1.77. The van der Waals surface area contributed by atoms with E-state index in [4.69, 9.17) is 5.21 Å². The number of rotatable bonds is 5. The van der Waals surface area contributed by atoms with Crippen LogP contribution in [0.15, 0.2) is 35.7 Å². The van der Waals surface area contributed by atoms with E-state index in [2.05, 4.69) is 24.0 Å². The number of aryl methyl sites for hydroxylation is 1. The van der Waals surface area contributed by atoms with Crippen LogP contribution < -0.4 is 5.48 Å². The van der Waals surface area contributed by atoms with E-state index in [0.29, 0.717) is 6.42 Å². The molecule has 0 aliphatic heterocycles. The molecule has 4 nitrogen and oxygen atoms in total. The van der Waals surface area contributed by atoms with E-state index in [9.17, 15) is 4.79 Å². The van der Waals surface area contributed by atoms with Crippen molar-refractivity contribution < 1.29 is 10.0 Å². The molecule has 1 aromatic heterocycles. The third kappa shape index (κ3) is 4.01. The van der Waals surface area contributed by atoms with Crippen molar-refractivity contribution in [3.63, 3.8) is 0 Å². The van der Waals surface area contributed by atoms with Crippen LogP contribution in [0.5, 0.6) is 0 Å². The molecule has 0 fully saturated rings. The summed E-state index contributed by atoms with van der Waals surface area (Å²) in [5, 5.41) is 11.3. The largest absolute Gasteiger partial charge is 0.289 e. The highest BCUT2D eigenvalue weighted by Gasteiger charge is 2.04. The Hall–Kier alpha value is -1.98. The van der Waals surface area contributed by atoms with Gasteiger partial charge in [-0.05, 0) is 30.6 Å². The molecule has 0 saturated heterocycles. The first-order valence-electron chi connectivity index (χ1n) is 6.30. The Bertz CT molecular complexity index is 605. The summed E-state index contributed by atoms with van der Waals surface area (Å²) in [6.07, 6.45) is 2.80. The molecule has 1 heterocycles. The number of aromatic nitrogens is 1. The summed E-state index contributed by atoms with van der Waals surface area (Å²) in [4.78, 5) is 15.4. The summed E-state index contributed by atoms with van der Waals surface area (Å²) in [5.74, 6) is -0.393. The summed E-state index contributed by atoms with van der Waals surface area (Å²) in [6.45, 7) is 2.05. The topological polar surface area (TPSA) is 62.2 Å². The minimum atomic E-state index is -0.393. The minimum Gasteiger partial charge on any atom is -0.289 e. The average Bonchev–Trinajstić information content (AvgIpc) is 2.93. The zero-order valence-corrected chi connectivity index (χ0v) is 12.0. The van der Waals surface area contributed by atoms with Gasteiger partial charge in [-0.2, -0.15) is 0 Å². The smallest absolute Gasteiger partial charge is 0.243 e. The van der Waals surface area contributed by atoms with Gasteiger partial charge in [0.15, 0.2) is 0 Å². The summed E-state index contributed by atoms with van der Waals surface area (Å²) in [6, 6.07) is 10.1. The predicted octanol–water partition coefficient (Wildman–Crippen LogP) is 3.14. The van der Waals surface area contributed by atoms with Crippen molar-refractivity contribution in [2.75, 3.05) is 0 Å². The molecule has 0 bridgehead atoms. The third-order valence-electron chi connectivity index (χ3n) is 2.87. The highest BCUT2D eigenvalue weighted by Crippen LogP contribution is 2.20. The van der Waals surface area contributed by atoms with Crippen LogP contribution >= 0.6 is 11.3 Å². The van der Waals surface area contributed by atoms with Crippen LogP contribution in [0.3, 0.4) is 0 Å². The number of thiazole rings is 1. The first-order chi connectivity index (χ1) is 9.69. The van der Waals surface area contributed by atoms with Crippen LogP contribution in [0.4, 0.5) is 0 Å². The SMILES string of the molecule is C/C(=C\c1nc(CCC(=O)NO)cs1)c1ccccc1. The lowest BCUT2D eigenvalue weighted by atomic mass is 10.1. The summed E-state index contributed by atoms with van der Waals surface area (Å²) < 4.78 is 0. The molecule has 1 amide bonds. The molecule has 20 heavy (non-hydrogen) atoms. The highest BCUT2D eigenvalue weighted by atomic mass is 32.1. The van der Waals surface area contributed by atoms with Crippen molar-refractivity contribution in [1.29, 1.82) is 0 Å². The average molecular weight is 288 g/mol. The number of carbonyl (C=O) groups excluding carboxylic acids is 1. The molecule has 2 N–H and O–H groups in total. The van der Waals surface area contributed by atoms with Crippen LogP contribution in [-0.4, -0.2) is 16.1 Å². The van der Waals surface area contributed by atoms with E-state index >= 15 is 0 Å². The van der Waals surface area contributed by atoms with Crippen molar-refractivity contribution in [3.05, 3.63) is 52.0 Å². The van der Waals surface area contributed by atoms with Gasteiger partial charge in [0.05, 0.1) is 5.69 Å². The van der Waals surface area contributed by atoms with E-state index in [-0.39, 0.29) is 6.42 Å². The van der Waals surface area contributed by atoms with Gasteiger partial charge in [-0.1, -0.05) is 30.3 Å². The molecular weight excluding hydrogens is 272 g/mol. The number of benzene rings is 1. The number of carbonyl (C=O) groups is 1. The molecule has 0 saturated carbocycles. The monoisotopic (exact) mass is 288 g/mol. The van der Waals surface area contributed by atoms with Gasteiger partial charge in [0.25, 0.3) is 0 Å². The van der Waals surface area contributed by atoms with Crippen LogP contribution in [0.25, 0.3) is 11.6 Å². The summed E-state index contributed by atoms with van der Waals surface area (Å²) >= 11 is 1.55. The molecule has 104 valence electrons. The Balaban J connectivity index is 2.04. The summed E-state index contributed by atoms with van der Waals surface area (Å²) in [7, 11) is 0. The Morgan fingerprint density at radius 2 is 2.15 bits per heavy atom. The maximum absolute atomic E-state index is 11.0. The third-order valence-corrected chi connectivity index (χ3v) is 3.71. The Morgan fingerprint density at radius 1 is 1.40 bits per heavy atom. The molecule has 1 aromatic carbocycles. The molecule has 2 aromatic rings. The Labute approximate surface area is 121 Å². The summed E-state index contributed by atoms with van der Waals surface area (Å²) in [5.41, 5.74) is 4.81. The van der Waals surface area contributed by atoms with E-state index in [1.165, 1.54) is 5.56 Å². The Morgan fingerprint density at radius 3 is 2.85 bits per heavy atom. The van der Waals surface area contributed by atoms with Gasteiger partial charge >= 0.3 is 0 Å². The second kappa shape index (κ2) is 6.98. The highest BCUT2D eigenvalue weighted by molar-refractivity contribution is 7.10. The van der Waals surface area contributed by atoms with Crippen LogP contribution in [0.2, 0.25) is 0 Å². The van der Waals surface area contributed by atoms with Gasteiger partial charge in [0.1, 0.15) is 5.01 Å². The fourth-order valence-corrected chi connectivity index (χ4v) is 2.61. The van der Waals surface area contributed by atoms with Gasteiger partial charge in [0.2, 0.25) is 5.91 Å². The molecule has 0 aliphatic carbocycles. The zero-order valence-electron chi connectivity index (χ0n) is 11.2. The predicted molar refractivity (Wildman–Crippen MR) is 80.4 cm³/mol. The molecule has 0 radical (unpaired) electrons. The number of hydrogen-bond donors (Lipinski definition) is 2. The van der Waals surface area contributed by atoms with Crippen molar-refractivity contribution >= 4 is 28.9 Å². The van der Waals surface area contributed by atoms with Crippen molar-refractivity contribution in [2.45, 2.75) is 19.8 Å². The van der Waals surface area contributed by atoms with Gasteiger partial charge in [-0.3, -0.25) is 10.0 Å². The van der Waals surface area contributed by atoms with Crippen molar-refractivity contribution in [2.24, 2.45) is 0 Å². The van der Waals surface area contributed by atoms with Crippen molar-refractivity contribution in [1.82, 2.24) is 10.5 Å². The van der Waals surface area contributed by atoms with Gasteiger partial charge < -0.3 is 0 Å². The number of allylic oxidation sites excluding steroid dienone is 1. The first kappa shape index (κ1) is 14.4. The molecule has 5 heteroatoms. The maximum Gasteiger partial charge on any atom is 0.243 e. The maximum atomic E-state index is 11.0. The first-order valence-corrected chi connectivity index (χ1v) is 7.18. The lowest BCUT2D eigenvalue weighted by Crippen LogP contribution is -2.18. The lowest BCUT2D eigenvalue weighted by molar-refractivity contribution is -0.129. The molecule has 0 aliphatic rings. The number of nitrogens with zero attached hydrogens (tertiary/aromatic N) is 1. The lowest BCUT2D eigenvalue weighted by Gasteiger charge is -1.99. The number of nitrogens with one attached hydrogen (secondary N) is 1. The normalized spacial score (nSPS) is 11.4. The fraction of sp³-hybridized carbons (Fsp3) is 0.200. The quantitative estimate of drug-likeness (QED) is 0.656. The van der Waals surface area contributed by atoms with Crippen LogP contribution in [-0.2, 0) is 11.2 Å². The van der Waals surface area contributed by atoms with Crippen LogP contribution in [0, 0.1) is 0 Å². The van der Waals surface area contributed by atoms with E-state index in [0.717, 1.165) is 16.3 Å².